The van der Waals surface area contributed by atoms with Gasteiger partial charge in [-0.1, -0.05) is 31.1 Å². The Kier molecular flexibility index (Phi) is 2.49. The fraction of sp³-hybridized carbons (Fsp3) is 0.417. The number of nitrogens with zero attached hydrogens (tertiary/aromatic N) is 1. The molecule has 1 aromatic heterocycles. The topological polar surface area (TPSA) is 52.0 Å². The molecule has 0 radical (unpaired) electrons. The van der Waals surface area contributed by atoms with Gasteiger partial charge in [0.25, 0.3) is 0 Å². The molecular formula is C12H16N2O. The first kappa shape index (κ1) is 10.2. The van der Waals surface area contributed by atoms with Crippen molar-refractivity contribution in [2.45, 2.75) is 32.7 Å². The van der Waals surface area contributed by atoms with Crippen LogP contribution in [0.2, 0.25) is 0 Å². The SMILES string of the molecule is CC(C)c1noc2c(C(C)N)cccc12. The van der Waals surface area contributed by atoms with Gasteiger partial charge in [-0.25, -0.2) is 0 Å². The number of rotatable bonds is 2. The first-order valence-electron chi connectivity index (χ1n) is 5.25. The molecule has 0 fully saturated rings. The Balaban J connectivity index is 2.69. The third kappa shape index (κ3) is 1.63. The number of hydrogen-bond donors (Lipinski definition) is 1. The molecule has 0 amide bonds. The van der Waals surface area contributed by atoms with E-state index in [1.54, 1.807) is 0 Å². The highest BCUT2D eigenvalue weighted by molar-refractivity contribution is 5.83. The van der Waals surface area contributed by atoms with Crippen LogP contribution in [0.25, 0.3) is 11.0 Å². The number of benzene rings is 1. The number of fused-ring (bicyclic) bond motifs is 1. The fourth-order valence-corrected chi connectivity index (χ4v) is 1.78. The average molecular weight is 204 g/mol. The van der Waals surface area contributed by atoms with Crippen molar-refractivity contribution in [1.29, 1.82) is 0 Å². The van der Waals surface area contributed by atoms with Gasteiger partial charge in [0.05, 0.1) is 5.69 Å². The molecule has 0 aliphatic heterocycles. The maximum absolute atomic E-state index is 5.88. The smallest absolute Gasteiger partial charge is 0.171 e. The molecular weight excluding hydrogens is 188 g/mol. The molecule has 0 aliphatic carbocycles. The number of nitrogens with two attached hydrogens (primary N) is 1. The summed E-state index contributed by atoms with van der Waals surface area (Å²) in [6, 6.07) is 6.00. The highest BCUT2D eigenvalue weighted by Gasteiger charge is 2.15. The van der Waals surface area contributed by atoms with E-state index >= 15 is 0 Å². The minimum atomic E-state index is -0.0262. The maximum Gasteiger partial charge on any atom is 0.171 e. The zero-order chi connectivity index (χ0) is 11.0. The van der Waals surface area contributed by atoms with E-state index in [1.807, 2.05) is 25.1 Å². The molecule has 80 valence electrons. The van der Waals surface area contributed by atoms with Crippen molar-refractivity contribution < 1.29 is 4.52 Å². The van der Waals surface area contributed by atoms with Gasteiger partial charge in [0.1, 0.15) is 0 Å². The van der Waals surface area contributed by atoms with Crippen molar-refractivity contribution in [3.8, 4) is 0 Å². The molecule has 0 saturated carbocycles. The Hall–Kier alpha value is -1.35. The lowest BCUT2D eigenvalue weighted by atomic mass is 10.0. The monoisotopic (exact) mass is 204 g/mol. The first-order chi connectivity index (χ1) is 7.11. The minimum Gasteiger partial charge on any atom is -0.356 e. The van der Waals surface area contributed by atoms with E-state index in [4.69, 9.17) is 10.3 Å². The van der Waals surface area contributed by atoms with Crippen LogP contribution in [0.15, 0.2) is 22.7 Å². The summed E-state index contributed by atoms with van der Waals surface area (Å²) in [4.78, 5) is 0. The second-order valence-corrected chi connectivity index (χ2v) is 4.24. The van der Waals surface area contributed by atoms with E-state index in [-0.39, 0.29) is 6.04 Å². The van der Waals surface area contributed by atoms with Crippen LogP contribution in [-0.4, -0.2) is 5.16 Å². The molecule has 3 heteroatoms. The predicted octanol–water partition coefficient (Wildman–Crippen LogP) is 2.97. The highest BCUT2D eigenvalue weighted by Crippen LogP contribution is 2.29. The molecule has 1 unspecified atom stereocenters. The lowest BCUT2D eigenvalue weighted by molar-refractivity contribution is 0.438. The van der Waals surface area contributed by atoms with Crippen LogP contribution in [0.4, 0.5) is 0 Å². The average Bonchev–Trinajstić information content (AvgIpc) is 2.59. The molecule has 1 atom stereocenters. The van der Waals surface area contributed by atoms with Crippen molar-refractivity contribution in [2.24, 2.45) is 5.73 Å². The zero-order valence-corrected chi connectivity index (χ0v) is 9.32. The summed E-state index contributed by atoms with van der Waals surface area (Å²) in [5.41, 5.74) is 8.73. The zero-order valence-electron chi connectivity index (χ0n) is 9.32. The summed E-state index contributed by atoms with van der Waals surface area (Å²) in [5, 5.41) is 5.19. The van der Waals surface area contributed by atoms with Crippen molar-refractivity contribution >= 4 is 11.0 Å². The van der Waals surface area contributed by atoms with Gasteiger partial charge >= 0.3 is 0 Å². The largest absolute Gasteiger partial charge is 0.356 e. The van der Waals surface area contributed by atoms with E-state index in [0.29, 0.717) is 5.92 Å². The molecule has 3 nitrogen and oxygen atoms in total. The lowest BCUT2D eigenvalue weighted by Gasteiger charge is -2.05. The standard InChI is InChI=1S/C12H16N2O/c1-7(2)11-10-6-4-5-9(8(3)13)12(10)15-14-11/h4-8H,13H2,1-3H3. The summed E-state index contributed by atoms with van der Waals surface area (Å²) in [5.74, 6) is 0.370. The van der Waals surface area contributed by atoms with Crippen LogP contribution in [0.5, 0.6) is 0 Å². The van der Waals surface area contributed by atoms with Gasteiger partial charge in [0.15, 0.2) is 5.58 Å². The Bertz CT molecular complexity index is 471. The quantitative estimate of drug-likeness (QED) is 0.818. The molecule has 1 heterocycles. The first-order valence-corrected chi connectivity index (χ1v) is 5.25. The predicted molar refractivity (Wildman–Crippen MR) is 60.7 cm³/mol. The van der Waals surface area contributed by atoms with E-state index in [1.165, 1.54) is 0 Å². The van der Waals surface area contributed by atoms with Crippen LogP contribution in [0, 0.1) is 0 Å². The molecule has 2 N–H and O–H groups in total. The summed E-state index contributed by atoms with van der Waals surface area (Å²) in [6.07, 6.45) is 0. The molecule has 0 spiro atoms. The minimum absolute atomic E-state index is 0.0262. The fourth-order valence-electron chi connectivity index (χ4n) is 1.78. The lowest BCUT2D eigenvalue weighted by Crippen LogP contribution is -2.04. The summed E-state index contributed by atoms with van der Waals surface area (Å²) in [6.45, 7) is 6.16. The van der Waals surface area contributed by atoms with Crippen molar-refractivity contribution in [2.75, 3.05) is 0 Å². The van der Waals surface area contributed by atoms with Gasteiger partial charge in [-0.15, -0.1) is 0 Å². The molecule has 1 aromatic carbocycles. The molecule has 2 rings (SSSR count). The Morgan fingerprint density at radius 3 is 2.60 bits per heavy atom. The Labute approximate surface area is 89.2 Å². The van der Waals surface area contributed by atoms with Crippen LogP contribution < -0.4 is 5.73 Å². The van der Waals surface area contributed by atoms with E-state index in [2.05, 4.69) is 19.0 Å². The third-order valence-electron chi connectivity index (χ3n) is 2.59. The van der Waals surface area contributed by atoms with E-state index in [9.17, 15) is 0 Å². The highest BCUT2D eigenvalue weighted by atomic mass is 16.5. The number of aromatic nitrogens is 1. The van der Waals surface area contributed by atoms with E-state index in [0.717, 1.165) is 22.2 Å². The summed E-state index contributed by atoms with van der Waals surface area (Å²) < 4.78 is 5.37. The molecule has 2 aromatic rings. The second-order valence-electron chi connectivity index (χ2n) is 4.24. The van der Waals surface area contributed by atoms with Gasteiger partial charge in [0, 0.05) is 17.0 Å². The van der Waals surface area contributed by atoms with Gasteiger partial charge in [-0.2, -0.15) is 0 Å². The second kappa shape index (κ2) is 3.66. The molecule has 0 saturated heterocycles. The normalized spacial score (nSPS) is 13.7. The Morgan fingerprint density at radius 1 is 1.27 bits per heavy atom. The number of hydrogen-bond acceptors (Lipinski definition) is 3. The van der Waals surface area contributed by atoms with Gasteiger partial charge in [-0.05, 0) is 18.9 Å². The molecule has 15 heavy (non-hydrogen) atoms. The van der Waals surface area contributed by atoms with Crippen LogP contribution >= 0.6 is 0 Å². The Morgan fingerprint density at radius 2 is 2.00 bits per heavy atom. The third-order valence-corrected chi connectivity index (χ3v) is 2.59. The van der Waals surface area contributed by atoms with Gasteiger partial charge in [-0.3, -0.25) is 0 Å². The van der Waals surface area contributed by atoms with Gasteiger partial charge in [0.2, 0.25) is 0 Å². The van der Waals surface area contributed by atoms with E-state index < -0.39 is 0 Å². The summed E-state index contributed by atoms with van der Waals surface area (Å²) in [7, 11) is 0. The van der Waals surface area contributed by atoms with Crippen molar-refractivity contribution in [1.82, 2.24) is 5.16 Å². The van der Waals surface area contributed by atoms with Crippen molar-refractivity contribution in [3.63, 3.8) is 0 Å². The molecule has 0 bridgehead atoms. The molecule has 0 aliphatic rings. The maximum atomic E-state index is 5.88. The van der Waals surface area contributed by atoms with Crippen LogP contribution in [0.3, 0.4) is 0 Å². The van der Waals surface area contributed by atoms with Gasteiger partial charge < -0.3 is 10.3 Å². The van der Waals surface area contributed by atoms with Crippen molar-refractivity contribution in [3.05, 3.63) is 29.5 Å². The van der Waals surface area contributed by atoms with Crippen LogP contribution in [0.1, 0.15) is 44.0 Å². The summed E-state index contributed by atoms with van der Waals surface area (Å²) >= 11 is 0. The van der Waals surface area contributed by atoms with Crippen LogP contribution in [-0.2, 0) is 0 Å². The number of para-hydroxylation sites is 1.